The molecular formula is C6H11F3O. The van der Waals surface area contributed by atoms with Gasteiger partial charge in [-0.25, -0.2) is 0 Å². The summed E-state index contributed by atoms with van der Waals surface area (Å²) < 4.78 is 39.7. The Labute approximate surface area is 58.2 Å². The minimum Gasteiger partial charge on any atom is -0.385 e. The predicted molar refractivity (Wildman–Crippen MR) is 31.7 cm³/mol. The van der Waals surface area contributed by atoms with Gasteiger partial charge in [0.2, 0.25) is 0 Å². The van der Waals surface area contributed by atoms with Gasteiger partial charge >= 0.3 is 6.18 Å². The maximum Gasteiger partial charge on any atom is 0.391 e. The first-order valence-corrected chi connectivity index (χ1v) is 3.04. The zero-order chi connectivity index (χ0) is 8.20. The standard InChI is InChI=1S/C6H11F3O/c1-5(3-4-10-2)6(7,8)9/h5H,3-4H2,1-2H3. The molecular weight excluding hydrogens is 145 g/mol. The van der Waals surface area contributed by atoms with Gasteiger partial charge in [-0.05, 0) is 6.42 Å². The Morgan fingerprint density at radius 1 is 1.40 bits per heavy atom. The van der Waals surface area contributed by atoms with E-state index in [1.807, 2.05) is 0 Å². The summed E-state index contributed by atoms with van der Waals surface area (Å²) in [5.41, 5.74) is 0. The molecule has 0 amide bonds. The van der Waals surface area contributed by atoms with E-state index in [1.165, 1.54) is 7.11 Å². The topological polar surface area (TPSA) is 9.23 Å². The average Bonchev–Trinajstić information content (AvgIpc) is 1.80. The van der Waals surface area contributed by atoms with Crippen LogP contribution in [0.3, 0.4) is 0 Å². The van der Waals surface area contributed by atoms with Crippen LogP contribution in [0.25, 0.3) is 0 Å². The van der Waals surface area contributed by atoms with Gasteiger partial charge < -0.3 is 4.74 Å². The Balaban J connectivity index is 3.52. The van der Waals surface area contributed by atoms with E-state index in [0.29, 0.717) is 0 Å². The van der Waals surface area contributed by atoms with Crippen LogP contribution in [0.5, 0.6) is 0 Å². The number of hydrogen-bond donors (Lipinski definition) is 0. The molecule has 1 atom stereocenters. The van der Waals surface area contributed by atoms with Gasteiger partial charge in [-0.3, -0.25) is 0 Å². The zero-order valence-corrected chi connectivity index (χ0v) is 6.03. The Bertz CT molecular complexity index is 89.5. The van der Waals surface area contributed by atoms with E-state index in [0.717, 1.165) is 6.92 Å². The smallest absolute Gasteiger partial charge is 0.385 e. The molecule has 1 nitrogen and oxygen atoms in total. The summed E-state index contributed by atoms with van der Waals surface area (Å²) in [6, 6.07) is 0. The highest BCUT2D eigenvalue weighted by Crippen LogP contribution is 2.27. The van der Waals surface area contributed by atoms with Crippen LogP contribution in [0.1, 0.15) is 13.3 Å². The molecule has 0 aliphatic heterocycles. The maximum absolute atomic E-state index is 11.7. The predicted octanol–water partition coefficient (Wildman–Crippen LogP) is 2.22. The van der Waals surface area contributed by atoms with Crippen LogP contribution in [-0.4, -0.2) is 19.9 Å². The molecule has 0 aliphatic carbocycles. The second kappa shape index (κ2) is 3.81. The van der Waals surface area contributed by atoms with Crippen LogP contribution in [-0.2, 0) is 4.74 Å². The molecule has 0 aromatic rings. The highest BCUT2D eigenvalue weighted by molar-refractivity contribution is 4.60. The summed E-state index contributed by atoms with van der Waals surface area (Å²) in [5, 5.41) is 0. The van der Waals surface area contributed by atoms with E-state index in [4.69, 9.17) is 0 Å². The van der Waals surface area contributed by atoms with Gasteiger partial charge in [0.05, 0.1) is 5.92 Å². The number of alkyl halides is 3. The number of rotatable bonds is 3. The number of halogens is 3. The van der Waals surface area contributed by atoms with Crippen LogP contribution >= 0.6 is 0 Å². The third kappa shape index (κ3) is 3.71. The van der Waals surface area contributed by atoms with Crippen LogP contribution in [0.15, 0.2) is 0 Å². The third-order valence-electron chi connectivity index (χ3n) is 1.31. The molecule has 0 rings (SSSR count). The second-order valence-corrected chi connectivity index (χ2v) is 2.22. The molecule has 0 fully saturated rings. The molecule has 10 heavy (non-hydrogen) atoms. The van der Waals surface area contributed by atoms with Crippen molar-refractivity contribution in [2.75, 3.05) is 13.7 Å². The van der Waals surface area contributed by atoms with Crippen molar-refractivity contribution >= 4 is 0 Å². The molecule has 62 valence electrons. The molecule has 0 aromatic heterocycles. The van der Waals surface area contributed by atoms with Gasteiger partial charge in [-0.1, -0.05) is 6.92 Å². The molecule has 0 radical (unpaired) electrons. The molecule has 1 unspecified atom stereocenters. The lowest BCUT2D eigenvalue weighted by Gasteiger charge is -2.13. The molecule has 0 N–H and O–H groups in total. The molecule has 4 heteroatoms. The van der Waals surface area contributed by atoms with Crippen molar-refractivity contribution in [3.63, 3.8) is 0 Å². The Hall–Kier alpha value is -0.250. The van der Waals surface area contributed by atoms with E-state index >= 15 is 0 Å². The molecule has 0 aromatic carbocycles. The van der Waals surface area contributed by atoms with Crippen molar-refractivity contribution in [3.8, 4) is 0 Å². The summed E-state index contributed by atoms with van der Waals surface area (Å²) in [6.45, 7) is 1.32. The fourth-order valence-corrected chi connectivity index (χ4v) is 0.458. The minimum absolute atomic E-state index is 0.0417. The second-order valence-electron chi connectivity index (χ2n) is 2.22. The summed E-state index contributed by atoms with van der Waals surface area (Å²) in [5.74, 6) is -1.26. The normalized spacial score (nSPS) is 15.3. The fourth-order valence-electron chi connectivity index (χ4n) is 0.458. The van der Waals surface area contributed by atoms with Gasteiger partial charge in [0.1, 0.15) is 0 Å². The average molecular weight is 156 g/mol. The van der Waals surface area contributed by atoms with Crippen molar-refractivity contribution in [1.82, 2.24) is 0 Å². The van der Waals surface area contributed by atoms with E-state index in [-0.39, 0.29) is 13.0 Å². The van der Waals surface area contributed by atoms with Crippen molar-refractivity contribution < 1.29 is 17.9 Å². The third-order valence-corrected chi connectivity index (χ3v) is 1.31. The van der Waals surface area contributed by atoms with Crippen molar-refractivity contribution in [2.45, 2.75) is 19.5 Å². The number of hydrogen-bond acceptors (Lipinski definition) is 1. The minimum atomic E-state index is -4.07. The van der Waals surface area contributed by atoms with Crippen LogP contribution in [0.2, 0.25) is 0 Å². The highest BCUT2D eigenvalue weighted by Gasteiger charge is 2.35. The Morgan fingerprint density at radius 3 is 2.20 bits per heavy atom. The highest BCUT2D eigenvalue weighted by atomic mass is 19.4. The maximum atomic E-state index is 11.7. The van der Waals surface area contributed by atoms with E-state index in [2.05, 4.69) is 4.74 Å². The van der Waals surface area contributed by atoms with Crippen LogP contribution in [0.4, 0.5) is 13.2 Å². The lowest BCUT2D eigenvalue weighted by atomic mass is 10.1. The van der Waals surface area contributed by atoms with E-state index in [9.17, 15) is 13.2 Å². The van der Waals surface area contributed by atoms with Crippen molar-refractivity contribution in [2.24, 2.45) is 5.92 Å². The lowest BCUT2D eigenvalue weighted by molar-refractivity contribution is -0.173. The van der Waals surface area contributed by atoms with Gasteiger partial charge in [0.15, 0.2) is 0 Å². The summed E-state index contributed by atoms with van der Waals surface area (Å²) in [7, 11) is 1.39. The fraction of sp³-hybridized carbons (Fsp3) is 1.00. The van der Waals surface area contributed by atoms with Crippen molar-refractivity contribution in [3.05, 3.63) is 0 Å². The SMILES string of the molecule is COCCC(C)C(F)(F)F. The van der Waals surface area contributed by atoms with Gasteiger partial charge in [-0.2, -0.15) is 13.2 Å². The number of ether oxygens (including phenoxy) is 1. The lowest BCUT2D eigenvalue weighted by Crippen LogP contribution is -2.20. The Morgan fingerprint density at radius 2 is 1.90 bits per heavy atom. The van der Waals surface area contributed by atoms with E-state index < -0.39 is 12.1 Å². The first kappa shape index (κ1) is 9.75. The van der Waals surface area contributed by atoms with Crippen molar-refractivity contribution in [1.29, 1.82) is 0 Å². The first-order valence-electron chi connectivity index (χ1n) is 3.04. The van der Waals surface area contributed by atoms with Gasteiger partial charge in [0, 0.05) is 13.7 Å². The van der Waals surface area contributed by atoms with Crippen LogP contribution in [0, 0.1) is 5.92 Å². The quantitative estimate of drug-likeness (QED) is 0.608. The summed E-state index contributed by atoms with van der Waals surface area (Å²) >= 11 is 0. The molecule has 0 saturated carbocycles. The van der Waals surface area contributed by atoms with E-state index in [1.54, 1.807) is 0 Å². The largest absolute Gasteiger partial charge is 0.391 e. The molecule has 0 bridgehead atoms. The van der Waals surface area contributed by atoms with Crippen LogP contribution < -0.4 is 0 Å². The Kier molecular flexibility index (Phi) is 3.71. The zero-order valence-electron chi connectivity index (χ0n) is 6.03. The van der Waals surface area contributed by atoms with Gasteiger partial charge in [-0.15, -0.1) is 0 Å². The number of methoxy groups -OCH3 is 1. The van der Waals surface area contributed by atoms with Gasteiger partial charge in [0.25, 0.3) is 0 Å². The molecule has 0 heterocycles. The summed E-state index contributed by atoms with van der Waals surface area (Å²) in [6.07, 6.45) is -4.03. The molecule has 0 saturated heterocycles. The molecule has 0 aliphatic rings. The summed E-state index contributed by atoms with van der Waals surface area (Å²) in [4.78, 5) is 0. The first-order chi connectivity index (χ1) is 4.48. The monoisotopic (exact) mass is 156 g/mol. The molecule has 0 spiro atoms.